The number of hydrogen-bond donors (Lipinski definition) is 1. The molecule has 1 N–H and O–H groups in total. The van der Waals surface area contributed by atoms with Crippen LogP contribution in [0.3, 0.4) is 0 Å². The number of benzene rings is 11. The standard InChI is InChI=1S/C32H26N2O.C30H24N2.C12H16O3/c1-25(35)33(28-11-5-2-6-12-28)31-21-17-26(18-22-31)27-19-23-32(24-20-27)34(29-13-7-3-8-14-29)30-15-9-4-10-16-30;1-4-10-26(11-5-1)31-27-20-16-24(17-21-27)25-18-22-30(23-19-25)32(28-12-6-2-7-13-28)29-14-8-3-9-15-29;1-10-4-6-12(7-5-10)15-9-3-8-14-11(2)13/h2-24H,1H3;1-23,31H;4-7H,3,8-9H2,1-2H3. The number of nitrogens with zero attached hydrogens (tertiary/aromatic N) is 3. The van der Waals surface area contributed by atoms with Crippen molar-refractivity contribution in [1.82, 2.24) is 0 Å². The summed E-state index contributed by atoms with van der Waals surface area (Å²) in [5.74, 6) is 0.587. The van der Waals surface area contributed by atoms with Crippen molar-refractivity contribution in [2.75, 3.05) is 33.2 Å². The summed E-state index contributed by atoms with van der Waals surface area (Å²) in [6.07, 6.45) is 0.716. The SMILES string of the molecule is CC(=O)N(c1ccccc1)c1ccc(-c2ccc(N(c3ccccc3)c3ccccc3)cc2)cc1.CC(=O)OCCCOc1ccc(C)cc1.c1ccc(Nc2ccc(-c3ccc(N(c4ccccc4)c4ccccc4)cc3)cc2)cc1. The fourth-order valence-corrected chi connectivity index (χ4v) is 9.23. The molecule has 8 nitrogen and oxygen atoms in total. The first-order valence-corrected chi connectivity index (χ1v) is 27.5. The van der Waals surface area contributed by atoms with Gasteiger partial charge in [-0.15, -0.1) is 0 Å². The Morgan fingerprint density at radius 2 is 0.646 bits per heavy atom. The van der Waals surface area contributed by atoms with E-state index in [1.54, 1.807) is 11.8 Å². The Bertz CT molecular complexity index is 3570. The fraction of sp³-hybridized carbons (Fsp3) is 0.0811. The molecule has 0 aliphatic rings. The molecule has 0 aromatic heterocycles. The average Bonchev–Trinajstić information content (AvgIpc) is 3.72. The molecule has 0 fully saturated rings. The van der Waals surface area contributed by atoms with Crippen LogP contribution in [0.2, 0.25) is 0 Å². The number of nitrogens with one attached hydrogen (secondary N) is 1. The second-order valence-corrected chi connectivity index (χ2v) is 19.3. The van der Waals surface area contributed by atoms with E-state index < -0.39 is 0 Å². The largest absolute Gasteiger partial charge is 0.493 e. The van der Waals surface area contributed by atoms with Crippen molar-refractivity contribution in [2.45, 2.75) is 27.2 Å². The van der Waals surface area contributed by atoms with E-state index in [4.69, 9.17) is 9.47 Å². The van der Waals surface area contributed by atoms with E-state index >= 15 is 0 Å². The third-order valence-corrected chi connectivity index (χ3v) is 13.3. The summed E-state index contributed by atoms with van der Waals surface area (Å²) in [6, 6.07) is 104. The lowest BCUT2D eigenvalue weighted by Crippen LogP contribution is -2.22. The highest BCUT2D eigenvalue weighted by molar-refractivity contribution is 5.99. The first-order chi connectivity index (χ1) is 40.3. The molecule has 0 heterocycles. The van der Waals surface area contributed by atoms with Crippen LogP contribution >= 0.6 is 0 Å². The second-order valence-electron chi connectivity index (χ2n) is 19.3. The minimum atomic E-state index is -0.245. The highest BCUT2D eigenvalue weighted by atomic mass is 16.5. The molecule has 0 bridgehead atoms. The van der Waals surface area contributed by atoms with Crippen molar-refractivity contribution >= 4 is 68.8 Å². The van der Waals surface area contributed by atoms with Crippen molar-refractivity contribution in [3.8, 4) is 28.0 Å². The number of amides is 1. The number of carbonyl (C=O) groups is 2. The number of para-hydroxylation sites is 6. The van der Waals surface area contributed by atoms with E-state index in [1.807, 2.05) is 116 Å². The minimum absolute atomic E-state index is 0.0183. The van der Waals surface area contributed by atoms with Gasteiger partial charge in [0.2, 0.25) is 5.91 Å². The summed E-state index contributed by atoms with van der Waals surface area (Å²) >= 11 is 0. The Hall–Kier alpha value is -10.4. The van der Waals surface area contributed by atoms with Crippen LogP contribution in [-0.2, 0) is 14.3 Å². The summed E-state index contributed by atoms with van der Waals surface area (Å²) in [5.41, 5.74) is 16.4. The van der Waals surface area contributed by atoms with Gasteiger partial charge in [-0.3, -0.25) is 14.5 Å². The Morgan fingerprint density at radius 1 is 0.341 bits per heavy atom. The molecule has 0 radical (unpaired) electrons. The quantitative estimate of drug-likeness (QED) is 0.0719. The van der Waals surface area contributed by atoms with Crippen molar-refractivity contribution in [3.05, 3.63) is 309 Å². The summed E-state index contributed by atoms with van der Waals surface area (Å²) in [7, 11) is 0. The molecular formula is C74H66N4O4. The Balaban J connectivity index is 0.000000160. The molecule has 8 heteroatoms. The molecule has 0 atom stereocenters. The van der Waals surface area contributed by atoms with Crippen LogP contribution in [0.5, 0.6) is 5.75 Å². The molecule has 82 heavy (non-hydrogen) atoms. The van der Waals surface area contributed by atoms with Crippen molar-refractivity contribution in [1.29, 1.82) is 0 Å². The van der Waals surface area contributed by atoms with Gasteiger partial charge in [0.15, 0.2) is 0 Å². The van der Waals surface area contributed by atoms with E-state index in [9.17, 15) is 9.59 Å². The van der Waals surface area contributed by atoms with Crippen LogP contribution < -0.4 is 24.8 Å². The number of anilines is 10. The maximum Gasteiger partial charge on any atom is 0.302 e. The molecular weight excluding hydrogens is 1010 g/mol. The van der Waals surface area contributed by atoms with Crippen molar-refractivity contribution in [3.63, 3.8) is 0 Å². The van der Waals surface area contributed by atoms with Gasteiger partial charge in [-0.1, -0.05) is 175 Å². The van der Waals surface area contributed by atoms with Gasteiger partial charge in [0.1, 0.15) is 5.75 Å². The van der Waals surface area contributed by atoms with Crippen LogP contribution in [0.1, 0.15) is 25.8 Å². The summed E-state index contributed by atoms with van der Waals surface area (Å²) in [6.45, 7) is 6.01. The van der Waals surface area contributed by atoms with Gasteiger partial charge < -0.3 is 24.6 Å². The fourth-order valence-electron chi connectivity index (χ4n) is 9.23. The van der Waals surface area contributed by atoms with Gasteiger partial charge in [-0.25, -0.2) is 0 Å². The second kappa shape index (κ2) is 29.0. The van der Waals surface area contributed by atoms with Crippen LogP contribution in [0, 0.1) is 6.92 Å². The van der Waals surface area contributed by atoms with Gasteiger partial charge in [0, 0.05) is 77.1 Å². The van der Waals surface area contributed by atoms with Gasteiger partial charge >= 0.3 is 5.97 Å². The number of esters is 1. The molecule has 0 saturated carbocycles. The number of ether oxygens (including phenoxy) is 2. The molecule has 11 aromatic carbocycles. The summed E-state index contributed by atoms with van der Waals surface area (Å²) in [4.78, 5) is 29.1. The van der Waals surface area contributed by atoms with E-state index in [2.05, 4.69) is 209 Å². The molecule has 0 unspecified atom stereocenters. The zero-order chi connectivity index (χ0) is 56.7. The molecule has 0 aliphatic heterocycles. The zero-order valence-corrected chi connectivity index (χ0v) is 46.5. The van der Waals surface area contributed by atoms with E-state index in [-0.39, 0.29) is 11.9 Å². The van der Waals surface area contributed by atoms with Crippen LogP contribution in [-0.4, -0.2) is 25.1 Å². The molecule has 11 rings (SSSR count). The smallest absolute Gasteiger partial charge is 0.302 e. The van der Waals surface area contributed by atoms with Crippen LogP contribution in [0.4, 0.5) is 56.9 Å². The lowest BCUT2D eigenvalue weighted by Gasteiger charge is -2.25. The average molecular weight is 1080 g/mol. The normalized spacial score (nSPS) is 10.4. The van der Waals surface area contributed by atoms with Crippen molar-refractivity contribution < 1.29 is 19.1 Å². The van der Waals surface area contributed by atoms with E-state index in [0.717, 1.165) is 73.8 Å². The molecule has 0 spiro atoms. The Labute approximate surface area is 482 Å². The molecule has 0 aliphatic carbocycles. The van der Waals surface area contributed by atoms with Gasteiger partial charge in [0.25, 0.3) is 0 Å². The van der Waals surface area contributed by atoms with Gasteiger partial charge in [0.05, 0.1) is 13.2 Å². The minimum Gasteiger partial charge on any atom is -0.493 e. The third kappa shape index (κ3) is 15.9. The van der Waals surface area contributed by atoms with Crippen LogP contribution in [0.15, 0.2) is 303 Å². The number of rotatable bonds is 17. The maximum atomic E-state index is 12.4. The molecule has 406 valence electrons. The Morgan fingerprint density at radius 3 is 1.01 bits per heavy atom. The predicted octanol–water partition coefficient (Wildman–Crippen LogP) is 19.4. The third-order valence-electron chi connectivity index (χ3n) is 13.3. The lowest BCUT2D eigenvalue weighted by molar-refractivity contribution is -0.141. The number of hydrogen-bond acceptors (Lipinski definition) is 7. The first-order valence-electron chi connectivity index (χ1n) is 27.5. The summed E-state index contributed by atoms with van der Waals surface area (Å²) < 4.78 is 10.2. The Kier molecular flexibility index (Phi) is 19.9. The highest BCUT2D eigenvalue weighted by Crippen LogP contribution is 2.38. The van der Waals surface area contributed by atoms with Crippen LogP contribution in [0.25, 0.3) is 22.3 Å². The van der Waals surface area contributed by atoms with Crippen molar-refractivity contribution in [2.24, 2.45) is 0 Å². The zero-order valence-electron chi connectivity index (χ0n) is 46.5. The van der Waals surface area contributed by atoms with E-state index in [0.29, 0.717) is 19.6 Å². The lowest BCUT2D eigenvalue weighted by atomic mass is 10.0. The molecule has 1 amide bonds. The summed E-state index contributed by atoms with van der Waals surface area (Å²) in [5, 5.41) is 3.44. The molecule has 0 saturated heterocycles. The van der Waals surface area contributed by atoms with Gasteiger partial charge in [-0.05, 0) is 163 Å². The number of carbonyl (C=O) groups excluding carboxylic acids is 2. The highest BCUT2D eigenvalue weighted by Gasteiger charge is 2.16. The first kappa shape index (κ1) is 56.3. The van der Waals surface area contributed by atoms with Gasteiger partial charge in [-0.2, -0.15) is 0 Å². The topological polar surface area (TPSA) is 74.4 Å². The monoisotopic (exact) mass is 1070 g/mol. The molecule has 11 aromatic rings. The van der Waals surface area contributed by atoms with E-state index in [1.165, 1.54) is 23.6 Å². The number of aryl methyl sites for hydroxylation is 1. The maximum absolute atomic E-state index is 12.4. The predicted molar refractivity (Wildman–Crippen MR) is 340 cm³/mol.